The average Bonchev–Trinajstić information content (AvgIpc) is 1.99. The van der Waals surface area contributed by atoms with Crippen molar-refractivity contribution in [2.24, 2.45) is 0 Å². The molecule has 0 atom stereocenters. The summed E-state index contributed by atoms with van der Waals surface area (Å²) in [5.74, 6) is -2.33. The SMILES string of the molecule is C=[N+]([O-])c1cc(F)c(F)c(Cl)c1. The van der Waals surface area contributed by atoms with Crippen LogP contribution in [0.15, 0.2) is 12.1 Å². The molecule has 0 aromatic heterocycles. The van der Waals surface area contributed by atoms with Crippen LogP contribution >= 0.6 is 11.6 Å². The zero-order valence-electron chi connectivity index (χ0n) is 5.85. The molecule has 2 nitrogen and oxygen atoms in total. The van der Waals surface area contributed by atoms with Gasteiger partial charge in [-0.2, -0.15) is 4.74 Å². The molecular weight excluding hydrogens is 188 g/mol. The summed E-state index contributed by atoms with van der Waals surface area (Å²) >= 11 is 5.25. The lowest BCUT2D eigenvalue weighted by molar-refractivity contribution is -0.350. The fourth-order valence-corrected chi connectivity index (χ4v) is 0.888. The minimum Gasteiger partial charge on any atom is -0.619 e. The van der Waals surface area contributed by atoms with E-state index in [-0.39, 0.29) is 10.4 Å². The third-order valence-corrected chi connectivity index (χ3v) is 1.53. The molecule has 0 saturated heterocycles. The molecule has 1 aromatic carbocycles. The van der Waals surface area contributed by atoms with Crippen LogP contribution in [0.1, 0.15) is 0 Å². The summed E-state index contributed by atoms with van der Waals surface area (Å²) in [6, 6.07) is 1.72. The highest BCUT2D eigenvalue weighted by molar-refractivity contribution is 6.30. The van der Waals surface area contributed by atoms with E-state index in [9.17, 15) is 14.0 Å². The standard InChI is InChI=1S/C7H4ClF2NO/c1-11(12)4-2-5(8)7(10)6(9)3-4/h2-3H,1H2. The highest BCUT2D eigenvalue weighted by atomic mass is 35.5. The van der Waals surface area contributed by atoms with Gasteiger partial charge < -0.3 is 5.21 Å². The van der Waals surface area contributed by atoms with Crippen molar-refractivity contribution in [3.05, 3.63) is 34.0 Å². The van der Waals surface area contributed by atoms with Gasteiger partial charge in [-0.25, -0.2) is 8.78 Å². The van der Waals surface area contributed by atoms with Crippen LogP contribution in [0.2, 0.25) is 5.02 Å². The molecule has 5 heteroatoms. The maximum absolute atomic E-state index is 12.5. The topological polar surface area (TPSA) is 26.1 Å². The van der Waals surface area contributed by atoms with Crippen molar-refractivity contribution in [2.75, 3.05) is 0 Å². The first-order valence-corrected chi connectivity index (χ1v) is 3.32. The summed E-state index contributed by atoms with van der Waals surface area (Å²) in [7, 11) is 0. The Kier molecular flexibility index (Phi) is 2.28. The Morgan fingerprint density at radius 2 is 2.00 bits per heavy atom. The van der Waals surface area contributed by atoms with Gasteiger partial charge in [-0.05, 0) is 0 Å². The lowest BCUT2D eigenvalue weighted by Crippen LogP contribution is -1.93. The molecule has 0 unspecified atom stereocenters. The van der Waals surface area contributed by atoms with Crippen molar-refractivity contribution in [1.82, 2.24) is 0 Å². The van der Waals surface area contributed by atoms with Crippen molar-refractivity contribution in [3.63, 3.8) is 0 Å². The quantitative estimate of drug-likeness (QED) is 0.220. The zero-order valence-corrected chi connectivity index (χ0v) is 6.61. The summed E-state index contributed by atoms with van der Waals surface area (Å²) in [5.41, 5.74) is -0.126. The van der Waals surface area contributed by atoms with Gasteiger partial charge in [0.2, 0.25) is 5.69 Å². The third-order valence-electron chi connectivity index (χ3n) is 1.26. The van der Waals surface area contributed by atoms with Crippen molar-refractivity contribution in [3.8, 4) is 0 Å². The van der Waals surface area contributed by atoms with Gasteiger partial charge in [0.15, 0.2) is 11.6 Å². The molecule has 0 aliphatic heterocycles. The molecule has 0 heterocycles. The Labute approximate surface area is 72.3 Å². The van der Waals surface area contributed by atoms with E-state index in [1.165, 1.54) is 0 Å². The van der Waals surface area contributed by atoms with E-state index in [4.69, 9.17) is 11.6 Å². The summed E-state index contributed by atoms with van der Waals surface area (Å²) in [6.07, 6.45) is 0. The monoisotopic (exact) mass is 191 g/mol. The second kappa shape index (κ2) is 3.06. The van der Waals surface area contributed by atoms with Gasteiger partial charge in [0.25, 0.3) is 0 Å². The van der Waals surface area contributed by atoms with Crippen LogP contribution in [-0.2, 0) is 0 Å². The van der Waals surface area contributed by atoms with E-state index in [0.29, 0.717) is 0 Å². The molecule has 0 radical (unpaired) electrons. The first-order valence-electron chi connectivity index (χ1n) is 2.94. The third kappa shape index (κ3) is 1.53. The molecule has 0 aliphatic rings. The lowest BCUT2D eigenvalue weighted by Gasteiger charge is -2.01. The molecule has 0 spiro atoms. The molecule has 0 amide bonds. The molecule has 0 fully saturated rings. The maximum atomic E-state index is 12.5. The Bertz CT molecular complexity index is 317. The van der Waals surface area contributed by atoms with E-state index in [1.807, 2.05) is 0 Å². The van der Waals surface area contributed by atoms with Crippen LogP contribution in [0.25, 0.3) is 0 Å². The lowest BCUT2D eigenvalue weighted by atomic mass is 10.3. The average molecular weight is 192 g/mol. The van der Waals surface area contributed by atoms with Crippen LogP contribution in [0.4, 0.5) is 14.5 Å². The number of hydrogen-bond acceptors (Lipinski definition) is 1. The first-order chi connectivity index (χ1) is 5.52. The molecule has 0 aliphatic carbocycles. The van der Waals surface area contributed by atoms with E-state index in [1.54, 1.807) is 0 Å². The summed E-state index contributed by atoms with van der Waals surface area (Å²) in [6.45, 7) is 2.95. The minimum atomic E-state index is -1.16. The van der Waals surface area contributed by atoms with Crippen LogP contribution in [0.5, 0.6) is 0 Å². The maximum Gasteiger partial charge on any atom is 0.220 e. The smallest absolute Gasteiger partial charge is 0.220 e. The van der Waals surface area contributed by atoms with Crippen molar-refractivity contribution in [1.29, 1.82) is 0 Å². The molecule has 1 rings (SSSR count). The van der Waals surface area contributed by atoms with Crippen LogP contribution in [0, 0.1) is 16.8 Å². The van der Waals surface area contributed by atoms with Crippen LogP contribution in [0.3, 0.4) is 0 Å². The van der Waals surface area contributed by atoms with Gasteiger partial charge in [-0.3, -0.25) is 0 Å². The molecule has 12 heavy (non-hydrogen) atoms. The Morgan fingerprint density at radius 3 is 2.42 bits per heavy atom. The van der Waals surface area contributed by atoms with Gasteiger partial charge in [-0.1, -0.05) is 11.6 Å². The highest BCUT2D eigenvalue weighted by Gasteiger charge is 2.11. The van der Waals surface area contributed by atoms with Gasteiger partial charge in [0.1, 0.15) is 6.72 Å². The van der Waals surface area contributed by atoms with Crippen LogP contribution < -0.4 is 0 Å². The van der Waals surface area contributed by atoms with Gasteiger partial charge in [-0.15, -0.1) is 0 Å². The molecule has 0 N–H and O–H groups in total. The Hall–Kier alpha value is -1.16. The van der Waals surface area contributed by atoms with Crippen molar-refractivity contribution >= 4 is 24.0 Å². The number of benzene rings is 1. The van der Waals surface area contributed by atoms with Crippen molar-refractivity contribution < 1.29 is 13.5 Å². The second-order valence-corrected chi connectivity index (χ2v) is 2.51. The van der Waals surface area contributed by atoms with Gasteiger partial charge >= 0.3 is 0 Å². The highest BCUT2D eigenvalue weighted by Crippen LogP contribution is 2.23. The fourth-order valence-electron chi connectivity index (χ4n) is 0.686. The Balaban J connectivity index is 3.31. The fraction of sp³-hybridized carbons (Fsp3) is 0. The predicted molar refractivity (Wildman–Crippen MR) is 41.8 cm³/mol. The van der Waals surface area contributed by atoms with Crippen molar-refractivity contribution in [2.45, 2.75) is 0 Å². The Morgan fingerprint density at radius 1 is 1.42 bits per heavy atom. The van der Waals surface area contributed by atoms with Crippen LogP contribution in [-0.4, -0.2) is 11.5 Å². The summed E-state index contributed by atoms with van der Waals surface area (Å²) in [5, 5.41) is 10.1. The number of hydrogen-bond donors (Lipinski definition) is 0. The molecule has 64 valence electrons. The van der Waals surface area contributed by atoms with E-state index in [0.717, 1.165) is 12.1 Å². The molecule has 1 aromatic rings. The second-order valence-electron chi connectivity index (χ2n) is 2.10. The van der Waals surface area contributed by atoms with E-state index in [2.05, 4.69) is 6.72 Å². The number of rotatable bonds is 1. The number of nitrogens with zero attached hydrogens (tertiary/aromatic N) is 1. The summed E-state index contributed by atoms with van der Waals surface area (Å²) in [4.78, 5) is 0. The summed E-state index contributed by atoms with van der Waals surface area (Å²) < 4.78 is 25.2. The number of halogens is 3. The zero-order chi connectivity index (χ0) is 9.30. The van der Waals surface area contributed by atoms with E-state index < -0.39 is 16.7 Å². The first kappa shape index (κ1) is 8.93. The van der Waals surface area contributed by atoms with Gasteiger partial charge in [0, 0.05) is 6.07 Å². The van der Waals surface area contributed by atoms with Gasteiger partial charge in [0.05, 0.1) is 11.1 Å². The largest absolute Gasteiger partial charge is 0.619 e. The minimum absolute atomic E-state index is 0.126. The molecular formula is C7H4ClF2NO. The normalized spacial score (nSPS) is 9.92. The van der Waals surface area contributed by atoms with E-state index >= 15 is 0 Å². The molecule has 0 saturated carbocycles. The predicted octanol–water partition coefficient (Wildman–Crippen LogP) is 2.46. The molecule has 0 bridgehead atoms.